The molecule has 0 saturated carbocycles. The first-order valence-electron chi connectivity index (χ1n) is 6.71. The Bertz CT molecular complexity index is 626. The zero-order chi connectivity index (χ0) is 20.6. The summed E-state index contributed by atoms with van der Waals surface area (Å²) in [6, 6.07) is -0.678. The van der Waals surface area contributed by atoms with Gasteiger partial charge in [0.2, 0.25) is 0 Å². The predicted octanol–water partition coefficient (Wildman–Crippen LogP) is -0.318. The highest BCUT2D eigenvalue weighted by molar-refractivity contribution is 7.66. The molecule has 4 N–H and O–H groups in total. The Kier molecular flexibility index (Phi) is 11.0. The lowest BCUT2D eigenvalue weighted by Crippen LogP contribution is -2.38. The van der Waals surface area contributed by atoms with Crippen LogP contribution in [-0.2, 0) is 36.1 Å². The number of rotatable bonds is 13. The summed E-state index contributed by atoms with van der Waals surface area (Å²) in [6.45, 7) is -2.24. The van der Waals surface area contributed by atoms with Crippen LogP contribution in [-0.4, -0.2) is 66.2 Å². The summed E-state index contributed by atoms with van der Waals surface area (Å²) in [5.74, 6) is 2.24. The number of halogens is 1. The maximum absolute atomic E-state index is 12.6. The molecule has 0 aromatic heterocycles. The number of alkyl halides is 1. The third kappa shape index (κ3) is 10.9. The summed E-state index contributed by atoms with van der Waals surface area (Å²) in [4.78, 5) is 27.5. The number of ether oxygens (including phenoxy) is 1. The number of hydrogen-bond acceptors (Lipinski definition) is 9. The van der Waals surface area contributed by atoms with Crippen molar-refractivity contribution in [1.29, 1.82) is 0 Å². The summed E-state index contributed by atoms with van der Waals surface area (Å²) < 4.78 is 67.6. The molecule has 0 fully saturated rings. The molecular weight excluding hydrogens is 423 g/mol. The van der Waals surface area contributed by atoms with Crippen LogP contribution in [0.4, 0.5) is 4.39 Å². The van der Waals surface area contributed by atoms with E-state index in [0.29, 0.717) is 7.11 Å². The van der Waals surface area contributed by atoms with Crippen molar-refractivity contribution in [2.24, 2.45) is 0 Å². The van der Waals surface area contributed by atoms with Gasteiger partial charge in [0.05, 0.1) is 6.61 Å². The Hall–Kier alpha value is -0.115. The van der Waals surface area contributed by atoms with Crippen LogP contribution in [0.25, 0.3) is 0 Å². The molecule has 0 aliphatic carbocycles. The summed E-state index contributed by atoms with van der Waals surface area (Å²) >= 11 is 0. The Morgan fingerprint density at radius 3 is 2.15 bits per heavy atom. The minimum atomic E-state index is -5.56. The van der Waals surface area contributed by atoms with Crippen molar-refractivity contribution in [1.82, 2.24) is 0 Å². The highest BCUT2D eigenvalue weighted by atomic mass is 31.3. The molecule has 0 aromatic carbocycles. The van der Waals surface area contributed by atoms with Gasteiger partial charge in [-0.15, -0.1) is 12.3 Å². The number of hydrogen-bond donors (Lipinski definition) is 4. The second kappa shape index (κ2) is 11.0. The van der Waals surface area contributed by atoms with Crippen LogP contribution in [0.2, 0.25) is 0 Å². The zero-order valence-corrected chi connectivity index (χ0v) is 16.4. The average Bonchev–Trinajstić information content (AvgIpc) is 2.48. The van der Waals surface area contributed by atoms with Crippen LogP contribution in [0.15, 0.2) is 0 Å². The normalized spacial score (nSPS) is 22.2. The molecule has 152 valence electrons. The first-order valence-corrected chi connectivity index (χ1v) is 11.2. The Balaban J connectivity index is 4.94. The second-order valence-electron chi connectivity index (χ2n) is 4.66. The van der Waals surface area contributed by atoms with Gasteiger partial charge in [0.25, 0.3) is 0 Å². The molecule has 0 spiro atoms. The van der Waals surface area contributed by atoms with E-state index in [-0.39, 0.29) is 6.42 Å². The SMILES string of the molecule is B[C@@H](CC#C)O[C@H](COP(=O)(O)OP(=O)(O)OP(=O)(O)OC)C(O)CF. The highest BCUT2D eigenvalue weighted by Crippen LogP contribution is 2.67. The van der Waals surface area contributed by atoms with Gasteiger partial charge in [0.1, 0.15) is 26.7 Å². The molecule has 0 aliphatic rings. The van der Waals surface area contributed by atoms with Gasteiger partial charge >= 0.3 is 23.5 Å². The number of aliphatic hydroxyl groups is 1. The molecule has 4 unspecified atom stereocenters. The van der Waals surface area contributed by atoms with Crippen LogP contribution in [0.3, 0.4) is 0 Å². The lowest BCUT2D eigenvalue weighted by atomic mass is 9.96. The molecule has 0 radical (unpaired) electrons. The molecule has 0 saturated heterocycles. The standard InChI is InChI=1S/C9H19BFO12P3/c1-3-4-9(10)21-8(7(12)5-11)6-20-25(15,16)23-26(17,18)22-24(13,14)19-2/h1,7-9,12H,4-6,10H2,2H3,(H,13,14)(H,15,16)(H,17,18)/t7?,8-,9-/m1/s1. The summed E-state index contributed by atoms with van der Waals surface area (Å²) in [6.07, 6.45) is 1.89. The maximum atomic E-state index is 12.6. The molecule has 0 aliphatic heterocycles. The third-order valence-electron chi connectivity index (χ3n) is 2.45. The van der Waals surface area contributed by atoms with E-state index in [1.807, 2.05) is 0 Å². The van der Waals surface area contributed by atoms with E-state index in [9.17, 15) is 33.0 Å². The van der Waals surface area contributed by atoms with E-state index < -0.39 is 55.0 Å². The van der Waals surface area contributed by atoms with E-state index in [2.05, 4.69) is 23.6 Å². The summed E-state index contributed by atoms with van der Waals surface area (Å²) in [5, 5.41) is 9.49. The number of terminal acetylenes is 1. The summed E-state index contributed by atoms with van der Waals surface area (Å²) in [5.41, 5.74) is 0. The lowest BCUT2D eigenvalue weighted by molar-refractivity contribution is -0.0783. The maximum Gasteiger partial charge on any atom is 0.490 e. The van der Waals surface area contributed by atoms with Gasteiger partial charge in [-0.05, 0) is 0 Å². The van der Waals surface area contributed by atoms with Gasteiger partial charge in [-0.3, -0.25) is 9.05 Å². The number of aliphatic hydroxyl groups excluding tert-OH is 1. The van der Waals surface area contributed by atoms with Crippen molar-refractivity contribution in [3.05, 3.63) is 0 Å². The van der Waals surface area contributed by atoms with E-state index in [0.717, 1.165) is 0 Å². The highest BCUT2D eigenvalue weighted by Gasteiger charge is 2.42. The largest absolute Gasteiger partial charge is 0.490 e. The molecule has 12 nitrogen and oxygen atoms in total. The molecule has 17 heteroatoms. The van der Waals surface area contributed by atoms with Crippen molar-refractivity contribution in [3.63, 3.8) is 0 Å². The van der Waals surface area contributed by atoms with Crippen LogP contribution < -0.4 is 0 Å². The van der Waals surface area contributed by atoms with Gasteiger partial charge in [-0.2, -0.15) is 8.62 Å². The van der Waals surface area contributed by atoms with Crippen LogP contribution >= 0.6 is 23.5 Å². The predicted molar refractivity (Wildman–Crippen MR) is 87.2 cm³/mol. The van der Waals surface area contributed by atoms with Gasteiger partial charge in [0.15, 0.2) is 0 Å². The van der Waals surface area contributed by atoms with E-state index in [1.165, 1.54) is 7.85 Å². The molecule has 0 rings (SSSR count). The molecule has 0 amide bonds. The zero-order valence-electron chi connectivity index (χ0n) is 13.7. The molecule has 0 aromatic rings. The Labute approximate surface area is 149 Å². The molecule has 0 bridgehead atoms. The lowest BCUT2D eigenvalue weighted by Gasteiger charge is -2.25. The van der Waals surface area contributed by atoms with Crippen molar-refractivity contribution in [2.75, 3.05) is 20.4 Å². The van der Waals surface area contributed by atoms with Gasteiger partial charge in [-0.1, -0.05) is 0 Å². The van der Waals surface area contributed by atoms with Crippen molar-refractivity contribution in [3.8, 4) is 12.3 Å². The van der Waals surface area contributed by atoms with E-state index >= 15 is 0 Å². The van der Waals surface area contributed by atoms with Crippen LogP contribution in [0, 0.1) is 12.3 Å². The van der Waals surface area contributed by atoms with Gasteiger partial charge < -0.3 is 24.5 Å². The molecule has 0 heterocycles. The fraction of sp³-hybridized carbons (Fsp3) is 0.778. The number of phosphoric ester groups is 2. The Morgan fingerprint density at radius 1 is 1.15 bits per heavy atom. The smallest absolute Gasteiger partial charge is 0.388 e. The quantitative estimate of drug-likeness (QED) is 0.166. The van der Waals surface area contributed by atoms with Crippen molar-refractivity contribution >= 4 is 31.3 Å². The first kappa shape index (κ1) is 25.9. The Morgan fingerprint density at radius 2 is 1.69 bits per heavy atom. The fourth-order valence-electron chi connectivity index (χ4n) is 1.35. The number of phosphoric acid groups is 3. The van der Waals surface area contributed by atoms with Gasteiger partial charge in [0, 0.05) is 19.5 Å². The summed E-state index contributed by atoms with van der Waals surface area (Å²) in [7, 11) is -13.8. The molecule has 26 heavy (non-hydrogen) atoms. The topological polar surface area (TPSA) is 178 Å². The first-order chi connectivity index (χ1) is 11.8. The van der Waals surface area contributed by atoms with Crippen molar-refractivity contribution < 1.29 is 60.3 Å². The monoisotopic (exact) mass is 442 g/mol. The molecule has 6 atom stereocenters. The fourth-order valence-corrected chi connectivity index (χ4v) is 4.62. The van der Waals surface area contributed by atoms with Crippen molar-refractivity contribution in [2.45, 2.75) is 24.6 Å². The second-order valence-corrected chi connectivity index (χ2v) is 9.40. The van der Waals surface area contributed by atoms with Crippen LogP contribution in [0.5, 0.6) is 0 Å². The van der Waals surface area contributed by atoms with Crippen LogP contribution in [0.1, 0.15) is 6.42 Å². The van der Waals surface area contributed by atoms with E-state index in [1.54, 1.807) is 0 Å². The minimum absolute atomic E-state index is 0.0747. The molecular formula is C9H19BFO12P3. The van der Waals surface area contributed by atoms with Gasteiger partial charge in [-0.25, -0.2) is 18.1 Å². The minimum Gasteiger partial charge on any atom is -0.388 e. The third-order valence-corrected chi connectivity index (χ3v) is 6.68. The average molecular weight is 442 g/mol. The van der Waals surface area contributed by atoms with E-state index in [4.69, 9.17) is 16.1 Å².